The van der Waals surface area contributed by atoms with Crippen LogP contribution in [0.25, 0.3) is 0 Å². The Labute approximate surface area is 106 Å². The fraction of sp³-hybridized carbons (Fsp3) is 0.364. The summed E-state index contributed by atoms with van der Waals surface area (Å²) >= 11 is 0. The molecule has 6 nitrogen and oxygen atoms in total. The van der Waals surface area contributed by atoms with Crippen LogP contribution in [0.1, 0.15) is 0 Å². The predicted molar refractivity (Wildman–Crippen MR) is 67.4 cm³/mol. The predicted octanol–water partition coefficient (Wildman–Crippen LogP) is 0.232. The second-order valence-electron chi connectivity index (χ2n) is 3.69. The molecule has 0 radical (unpaired) electrons. The Morgan fingerprint density at radius 3 is 2.83 bits per heavy atom. The third kappa shape index (κ3) is 2.69. The van der Waals surface area contributed by atoms with Gasteiger partial charge in [-0.2, -0.15) is 8.42 Å². The van der Waals surface area contributed by atoms with E-state index in [1.165, 1.54) is 12.4 Å². The van der Waals surface area contributed by atoms with Gasteiger partial charge in [-0.1, -0.05) is 12.1 Å². The van der Waals surface area contributed by atoms with E-state index < -0.39 is 10.0 Å². The van der Waals surface area contributed by atoms with Gasteiger partial charge < -0.3 is 14.7 Å². The molecule has 18 heavy (non-hydrogen) atoms. The summed E-state index contributed by atoms with van der Waals surface area (Å²) in [5.74, 6) is 0. The van der Waals surface area contributed by atoms with Crippen molar-refractivity contribution >= 4 is 22.0 Å². The third-order valence-electron chi connectivity index (χ3n) is 2.49. The number of hydrogen-bond donors (Lipinski definition) is 1. The van der Waals surface area contributed by atoms with Crippen LogP contribution >= 0.6 is 0 Å². The van der Waals surface area contributed by atoms with E-state index in [2.05, 4.69) is 4.40 Å². The van der Waals surface area contributed by atoms with Crippen LogP contribution in [-0.2, 0) is 14.8 Å². The van der Waals surface area contributed by atoms with Crippen molar-refractivity contribution in [2.24, 2.45) is 4.40 Å². The number of fused-ring (bicyclic) bond motifs is 1. The molecule has 0 amide bonds. The minimum absolute atomic E-state index is 0.0287. The number of benzene rings is 1. The lowest BCUT2D eigenvalue weighted by Gasteiger charge is -2.24. The Hall–Kier alpha value is -1.44. The molecular formula is C11H14N2O4S. The van der Waals surface area contributed by atoms with Gasteiger partial charge >= 0.3 is 0 Å². The zero-order chi connectivity index (χ0) is 13.0. The average molecular weight is 270 g/mol. The summed E-state index contributed by atoms with van der Waals surface area (Å²) in [6, 6.07) is 6.69. The largest absolute Gasteiger partial charge is 0.394 e. The molecule has 0 saturated carbocycles. The maximum absolute atomic E-state index is 11.7. The van der Waals surface area contributed by atoms with Crippen molar-refractivity contribution in [3.8, 4) is 0 Å². The van der Waals surface area contributed by atoms with E-state index in [-0.39, 0.29) is 18.1 Å². The highest BCUT2D eigenvalue weighted by atomic mass is 32.2. The summed E-state index contributed by atoms with van der Waals surface area (Å²) < 4.78 is 32.1. The molecular weight excluding hydrogens is 256 g/mol. The van der Waals surface area contributed by atoms with Crippen LogP contribution in [0.15, 0.2) is 33.6 Å². The van der Waals surface area contributed by atoms with Gasteiger partial charge in [0.05, 0.1) is 25.5 Å². The highest BCUT2D eigenvalue weighted by Gasteiger charge is 2.24. The molecule has 0 spiro atoms. The van der Waals surface area contributed by atoms with E-state index in [1.54, 1.807) is 23.1 Å². The molecule has 1 aliphatic heterocycles. The lowest BCUT2D eigenvalue weighted by Crippen LogP contribution is -2.30. The van der Waals surface area contributed by atoms with Gasteiger partial charge in [0.15, 0.2) is 0 Å². The van der Waals surface area contributed by atoms with E-state index in [0.717, 1.165) is 0 Å². The van der Waals surface area contributed by atoms with Gasteiger partial charge in [0.1, 0.15) is 11.2 Å². The number of nitrogens with zero attached hydrogens (tertiary/aromatic N) is 2. The summed E-state index contributed by atoms with van der Waals surface area (Å²) in [4.78, 5) is 1.92. The molecule has 0 saturated heterocycles. The molecule has 0 aliphatic carbocycles. The van der Waals surface area contributed by atoms with Crippen LogP contribution in [0.2, 0.25) is 0 Å². The molecule has 2 rings (SSSR count). The number of aliphatic hydroxyl groups excluding tert-OH is 1. The van der Waals surface area contributed by atoms with Crippen molar-refractivity contribution in [2.45, 2.75) is 4.90 Å². The first-order chi connectivity index (χ1) is 8.65. The fourth-order valence-corrected chi connectivity index (χ4v) is 2.71. The quantitative estimate of drug-likeness (QED) is 0.775. The summed E-state index contributed by atoms with van der Waals surface area (Å²) in [6.45, 7) is 1.11. The number of aliphatic hydroxyl groups is 1. The molecule has 0 bridgehead atoms. The molecule has 0 fully saturated rings. The first-order valence-electron chi connectivity index (χ1n) is 5.50. The van der Waals surface area contributed by atoms with Crippen molar-refractivity contribution in [1.82, 2.24) is 0 Å². The van der Waals surface area contributed by atoms with Gasteiger partial charge in [-0.15, -0.1) is 4.40 Å². The van der Waals surface area contributed by atoms with Gasteiger partial charge in [-0.05, 0) is 12.1 Å². The van der Waals surface area contributed by atoms with Gasteiger partial charge in [-0.25, -0.2) is 0 Å². The zero-order valence-corrected chi connectivity index (χ0v) is 10.5. The van der Waals surface area contributed by atoms with E-state index >= 15 is 0 Å². The highest BCUT2D eigenvalue weighted by Crippen LogP contribution is 2.28. The standard InChI is InChI=1S/C11H14N2O4S/c14-6-8-17-7-5-13-9-12-18(15,16)11-4-2-1-3-10(11)13/h1-4,9,14H,5-8H2. The molecule has 7 heteroatoms. The Kier molecular flexibility index (Phi) is 3.95. The Morgan fingerprint density at radius 1 is 1.28 bits per heavy atom. The van der Waals surface area contributed by atoms with Crippen LogP contribution in [0.3, 0.4) is 0 Å². The summed E-state index contributed by atoms with van der Waals surface area (Å²) in [6.07, 6.45) is 1.29. The van der Waals surface area contributed by atoms with Gasteiger partial charge in [0.25, 0.3) is 10.0 Å². The minimum atomic E-state index is -3.56. The number of rotatable bonds is 5. The molecule has 0 unspecified atom stereocenters. The molecule has 98 valence electrons. The lowest BCUT2D eigenvalue weighted by atomic mass is 10.3. The molecule has 1 aliphatic rings. The normalized spacial score (nSPS) is 16.6. The Balaban J connectivity index is 2.15. The highest BCUT2D eigenvalue weighted by molar-refractivity contribution is 7.90. The van der Waals surface area contributed by atoms with Crippen LogP contribution < -0.4 is 4.90 Å². The zero-order valence-electron chi connectivity index (χ0n) is 9.69. The smallest absolute Gasteiger partial charge is 0.285 e. The second-order valence-corrected chi connectivity index (χ2v) is 5.29. The SMILES string of the molecule is O=S1(=O)N=CN(CCOCCO)c2ccccc21. The van der Waals surface area contributed by atoms with E-state index in [9.17, 15) is 8.42 Å². The topological polar surface area (TPSA) is 79.2 Å². The van der Waals surface area contributed by atoms with Crippen molar-refractivity contribution in [1.29, 1.82) is 0 Å². The molecule has 0 atom stereocenters. The van der Waals surface area contributed by atoms with Crippen molar-refractivity contribution < 1.29 is 18.3 Å². The van der Waals surface area contributed by atoms with Gasteiger partial charge in [0.2, 0.25) is 0 Å². The van der Waals surface area contributed by atoms with Gasteiger partial charge in [0, 0.05) is 6.54 Å². The fourth-order valence-electron chi connectivity index (χ4n) is 1.66. The lowest BCUT2D eigenvalue weighted by molar-refractivity contribution is 0.0978. The molecule has 1 aromatic rings. The Bertz CT molecular complexity index is 542. The third-order valence-corrected chi connectivity index (χ3v) is 3.76. The molecule has 0 aromatic heterocycles. The average Bonchev–Trinajstić information content (AvgIpc) is 2.37. The van der Waals surface area contributed by atoms with Crippen molar-refractivity contribution in [2.75, 3.05) is 31.3 Å². The number of ether oxygens (including phenoxy) is 1. The first-order valence-corrected chi connectivity index (χ1v) is 6.94. The number of sulfonamides is 1. The summed E-state index contributed by atoms with van der Waals surface area (Å²) in [7, 11) is -3.56. The number of hydrogen-bond acceptors (Lipinski definition) is 5. The Morgan fingerprint density at radius 2 is 2.06 bits per heavy atom. The van der Waals surface area contributed by atoms with Crippen LogP contribution in [0.4, 0.5) is 5.69 Å². The molecule has 1 aromatic carbocycles. The molecule has 1 N–H and O–H groups in total. The minimum Gasteiger partial charge on any atom is -0.394 e. The monoisotopic (exact) mass is 270 g/mol. The summed E-state index contributed by atoms with van der Waals surface area (Å²) in [5, 5.41) is 8.59. The van der Waals surface area contributed by atoms with Crippen LogP contribution in [0, 0.1) is 0 Å². The molecule has 1 heterocycles. The first kappa shape index (κ1) is 13.0. The second kappa shape index (κ2) is 5.47. The van der Waals surface area contributed by atoms with Crippen molar-refractivity contribution in [3.05, 3.63) is 24.3 Å². The maximum atomic E-state index is 11.7. The maximum Gasteiger partial charge on any atom is 0.285 e. The van der Waals surface area contributed by atoms with Crippen LogP contribution in [-0.4, -0.2) is 46.2 Å². The van der Waals surface area contributed by atoms with E-state index in [1.807, 2.05) is 0 Å². The number of anilines is 1. The van der Waals surface area contributed by atoms with Crippen LogP contribution in [0.5, 0.6) is 0 Å². The number of para-hydroxylation sites is 1. The van der Waals surface area contributed by atoms with Gasteiger partial charge in [-0.3, -0.25) is 0 Å². The van der Waals surface area contributed by atoms with E-state index in [4.69, 9.17) is 9.84 Å². The summed E-state index contributed by atoms with van der Waals surface area (Å²) in [5.41, 5.74) is 0.597. The van der Waals surface area contributed by atoms with Crippen molar-refractivity contribution in [3.63, 3.8) is 0 Å². The van der Waals surface area contributed by atoms with E-state index in [0.29, 0.717) is 18.8 Å².